The van der Waals surface area contributed by atoms with Crippen LogP contribution in [0.4, 0.5) is 5.69 Å². The number of carbonyl (C=O) groups is 2. The van der Waals surface area contributed by atoms with Gasteiger partial charge in [-0.2, -0.15) is 0 Å². The van der Waals surface area contributed by atoms with Crippen molar-refractivity contribution in [2.75, 3.05) is 18.5 Å². The van der Waals surface area contributed by atoms with Gasteiger partial charge in [-0.3, -0.25) is 9.59 Å². The Bertz CT molecular complexity index is 502. The molecular weight excluding hydrogens is 246 g/mol. The van der Waals surface area contributed by atoms with Gasteiger partial charge in [-0.05, 0) is 24.6 Å². The summed E-state index contributed by atoms with van der Waals surface area (Å²) in [6, 6.07) is 5.28. The van der Waals surface area contributed by atoms with E-state index >= 15 is 0 Å². The number of anilines is 1. The van der Waals surface area contributed by atoms with Crippen LogP contribution in [0, 0.1) is 0 Å². The molecule has 1 unspecified atom stereocenters. The monoisotopic (exact) mass is 263 g/mol. The summed E-state index contributed by atoms with van der Waals surface area (Å²) in [6.07, 6.45) is 0.337. The number of nitrogens with one attached hydrogen (secondary N) is 2. The first kappa shape index (κ1) is 13.4. The summed E-state index contributed by atoms with van der Waals surface area (Å²) in [5, 5.41) is 5.55. The van der Waals surface area contributed by atoms with E-state index in [1.807, 2.05) is 13.0 Å². The van der Waals surface area contributed by atoms with Crippen LogP contribution in [-0.2, 0) is 9.59 Å². The standard InChI is InChI=1S/C13H17N3O3/c1-8(15-13(18)7-14)9-2-3-11-10(6-9)16-12(17)4-5-19-11/h2-3,6,8H,4-5,7,14H2,1H3,(H,15,18)(H,16,17). The summed E-state index contributed by atoms with van der Waals surface area (Å²) >= 11 is 0. The minimum absolute atomic E-state index is 0.0465. The summed E-state index contributed by atoms with van der Waals surface area (Å²) < 4.78 is 5.47. The quantitative estimate of drug-likeness (QED) is 0.742. The van der Waals surface area contributed by atoms with Crippen LogP contribution in [0.2, 0.25) is 0 Å². The van der Waals surface area contributed by atoms with Crippen LogP contribution in [-0.4, -0.2) is 25.0 Å². The number of nitrogens with two attached hydrogens (primary N) is 1. The molecule has 1 heterocycles. The highest BCUT2D eigenvalue weighted by atomic mass is 16.5. The Balaban J connectivity index is 2.20. The van der Waals surface area contributed by atoms with E-state index in [1.165, 1.54) is 0 Å². The maximum Gasteiger partial charge on any atom is 0.234 e. The van der Waals surface area contributed by atoms with Crippen molar-refractivity contribution in [3.8, 4) is 5.75 Å². The molecule has 4 N–H and O–H groups in total. The van der Waals surface area contributed by atoms with E-state index in [9.17, 15) is 9.59 Å². The van der Waals surface area contributed by atoms with Crippen molar-refractivity contribution < 1.29 is 14.3 Å². The molecule has 6 heteroatoms. The smallest absolute Gasteiger partial charge is 0.234 e. The first-order valence-electron chi connectivity index (χ1n) is 6.16. The molecule has 2 rings (SSSR count). The molecule has 1 aliphatic rings. The lowest BCUT2D eigenvalue weighted by atomic mass is 10.1. The van der Waals surface area contributed by atoms with Crippen LogP contribution in [0.5, 0.6) is 5.75 Å². The molecule has 6 nitrogen and oxygen atoms in total. The van der Waals surface area contributed by atoms with Crippen LogP contribution in [0.25, 0.3) is 0 Å². The highest BCUT2D eigenvalue weighted by Crippen LogP contribution is 2.30. The molecule has 0 fully saturated rings. The minimum atomic E-state index is -0.220. The second-order valence-corrected chi connectivity index (χ2v) is 4.40. The van der Waals surface area contributed by atoms with Gasteiger partial charge >= 0.3 is 0 Å². The number of fused-ring (bicyclic) bond motifs is 1. The average molecular weight is 263 g/mol. The van der Waals surface area contributed by atoms with Gasteiger partial charge in [-0.1, -0.05) is 6.07 Å². The Morgan fingerprint density at radius 2 is 2.37 bits per heavy atom. The Morgan fingerprint density at radius 3 is 3.11 bits per heavy atom. The number of amides is 2. The van der Waals surface area contributed by atoms with Gasteiger partial charge in [-0.15, -0.1) is 0 Å². The van der Waals surface area contributed by atoms with Gasteiger partial charge in [0.1, 0.15) is 5.75 Å². The van der Waals surface area contributed by atoms with Crippen molar-refractivity contribution in [3.63, 3.8) is 0 Å². The predicted octanol–water partition coefficient (Wildman–Crippen LogP) is 0.543. The van der Waals surface area contributed by atoms with Gasteiger partial charge in [-0.25, -0.2) is 0 Å². The van der Waals surface area contributed by atoms with E-state index in [-0.39, 0.29) is 24.4 Å². The molecule has 0 radical (unpaired) electrons. The van der Waals surface area contributed by atoms with Crippen molar-refractivity contribution in [1.29, 1.82) is 0 Å². The van der Waals surface area contributed by atoms with Gasteiger partial charge in [0.05, 0.1) is 31.3 Å². The number of rotatable bonds is 3. The molecule has 1 atom stereocenters. The minimum Gasteiger partial charge on any atom is -0.491 e. The molecule has 0 saturated carbocycles. The summed E-state index contributed by atoms with van der Waals surface area (Å²) in [7, 11) is 0. The Labute approximate surface area is 111 Å². The molecule has 0 aromatic heterocycles. The van der Waals surface area contributed by atoms with Crippen molar-refractivity contribution in [2.45, 2.75) is 19.4 Å². The number of ether oxygens (including phenoxy) is 1. The highest BCUT2D eigenvalue weighted by Gasteiger charge is 2.16. The molecule has 19 heavy (non-hydrogen) atoms. The molecule has 1 aromatic rings. The summed E-state index contributed by atoms with van der Waals surface area (Å²) in [6.45, 7) is 2.18. The molecule has 0 saturated heterocycles. The maximum atomic E-state index is 11.5. The Morgan fingerprint density at radius 1 is 1.58 bits per heavy atom. The van der Waals surface area contributed by atoms with E-state index in [4.69, 9.17) is 10.5 Å². The zero-order valence-electron chi connectivity index (χ0n) is 10.7. The zero-order chi connectivity index (χ0) is 13.8. The topological polar surface area (TPSA) is 93.5 Å². The average Bonchev–Trinajstić information content (AvgIpc) is 2.58. The third-order valence-corrected chi connectivity index (χ3v) is 2.93. The van der Waals surface area contributed by atoms with E-state index in [2.05, 4.69) is 10.6 Å². The van der Waals surface area contributed by atoms with Crippen molar-refractivity contribution in [3.05, 3.63) is 23.8 Å². The van der Waals surface area contributed by atoms with Gasteiger partial charge in [0, 0.05) is 0 Å². The first-order valence-corrected chi connectivity index (χ1v) is 6.16. The lowest BCUT2D eigenvalue weighted by molar-refractivity contribution is -0.120. The lowest BCUT2D eigenvalue weighted by Gasteiger charge is -2.16. The Hall–Kier alpha value is -2.08. The van der Waals surface area contributed by atoms with Crippen molar-refractivity contribution >= 4 is 17.5 Å². The lowest BCUT2D eigenvalue weighted by Crippen LogP contribution is -2.32. The van der Waals surface area contributed by atoms with Crippen LogP contribution in [0.1, 0.15) is 24.9 Å². The molecule has 1 aromatic carbocycles. The van der Waals surface area contributed by atoms with Crippen molar-refractivity contribution in [1.82, 2.24) is 5.32 Å². The maximum absolute atomic E-state index is 11.5. The summed E-state index contributed by atoms with van der Waals surface area (Å²) in [5.41, 5.74) is 6.77. The molecule has 102 valence electrons. The fourth-order valence-electron chi connectivity index (χ4n) is 1.89. The second kappa shape index (κ2) is 5.71. The number of carbonyl (C=O) groups excluding carboxylic acids is 2. The van der Waals surface area contributed by atoms with E-state index in [0.29, 0.717) is 24.5 Å². The van der Waals surface area contributed by atoms with E-state index < -0.39 is 0 Å². The normalized spacial score (nSPS) is 15.6. The third-order valence-electron chi connectivity index (χ3n) is 2.93. The zero-order valence-corrected chi connectivity index (χ0v) is 10.7. The van der Waals surface area contributed by atoms with Gasteiger partial charge < -0.3 is 21.1 Å². The molecule has 0 spiro atoms. The second-order valence-electron chi connectivity index (χ2n) is 4.40. The molecular formula is C13H17N3O3. The van der Waals surface area contributed by atoms with Gasteiger partial charge in [0.25, 0.3) is 0 Å². The molecule has 0 bridgehead atoms. The number of hydrogen-bond donors (Lipinski definition) is 3. The van der Waals surface area contributed by atoms with Gasteiger partial charge in [0.2, 0.25) is 11.8 Å². The number of hydrogen-bond acceptors (Lipinski definition) is 4. The highest BCUT2D eigenvalue weighted by molar-refractivity contribution is 5.93. The van der Waals surface area contributed by atoms with Gasteiger partial charge in [0.15, 0.2) is 0 Å². The molecule has 0 aliphatic carbocycles. The Kier molecular flexibility index (Phi) is 4.01. The van der Waals surface area contributed by atoms with Crippen molar-refractivity contribution in [2.24, 2.45) is 5.73 Å². The number of benzene rings is 1. The van der Waals surface area contributed by atoms with Crippen LogP contribution >= 0.6 is 0 Å². The van der Waals surface area contributed by atoms with Crippen LogP contribution < -0.4 is 21.1 Å². The van der Waals surface area contributed by atoms with Crippen LogP contribution in [0.3, 0.4) is 0 Å². The van der Waals surface area contributed by atoms with E-state index in [0.717, 1.165) is 5.56 Å². The summed E-state index contributed by atoms with van der Waals surface area (Å²) in [5.74, 6) is 0.351. The first-order chi connectivity index (χ1) is 9.10. The summed E-state index contributed by atoms with van der Waals surface area (Å²) in [4.78, 5) is 22.7. The largest absolute Gasteiger partial charge is 0.491 e. The van der Waals surface area contributed by atoms with E-state index in [1.54, 1.807) is 12.1 Å². The predicted molar refractivity (Wildman–Crippen MR) is 70.8 cm³/mol. The molecule has 1 aliphatic heterocycles. The molecule has 2 amide bonds. The third kappa shape index (κ3) is 3.23. The fraction of sp³-hybridized carbons (Fsp3) is 0.385. The SMILES string of the molecule is CC(NC(=O)CN)c1ccc2c(c1)NC(=O)CCO2. The van der Waals surface area contributed by atoms with Crippen LogP contribution in [0.15, 0.2) is 18.2 Å². The fourth-order valence-corrected chi connectivity index (χ4v) is 1.89.